The van der Waals surface area contributed by atoms with Crippen molar-refractivity contribution in [1.82, 2.24) is 0 Å². The number of hydrogen-bond acceptors (Lipinski definition) is 3. The second-order valence-corrected chi connectivity index (χ2v) is 5.69. The van der Waals surface area contributed by atoms with Gasteiger partial charge in [0.2, 0.25) is 6.49 Å². The van der Waals surface area contributed by atoms with Crippen LogP contribution < -0.4 is 0 Å². The van der Waals surface area contributed by atoms with Crippen molar-refractivity contribution in [2.24, 2.45) is 0 Å². The summed E-state index contributed by atoms with van der Waals surface area (Å²) in [7, 11) is 0. The van der Waals surface area contributed by atoms with Gasteiger partial charge in [0.15, 0.2) is 0 Å². The average molecular weight is 195 g/mol. The van der Waals surface area contributed by atoms with Crippen LogP contribution in [0.2, 0.25) is 0 Å². The molecule has 0 saturated carbocycles. The molecule has 0 radical (unpaired) electrons. The highest BCUT2D eigenvalue weighted by molar-refractivity contribution is 8.10. The molecule has 0 aliphatic carbocycles. The minimum absolute atomic E-state index is 0.537. The van der Waals surface area contributed by atoms with Crippen LogP contribution in [0.15, 0.2) is 0 Å². The Labute approximate surface area is 63.6 Å². The van der Waals surface area contributed by atoms with Crippen molar-refractivity contribution >= 4 is 42.0 Å². The van der Waals surface area contributed by atoms with Crippen LogP contribution in [-0.2, 0) is 20.0 Å². The molecule has 0 N–H and O–H groups in total. The van der Waals surface area contributed by atoms with Crippen LogP contribution in [0.1, 0.15) is 6.92 Å². The molecule has 0 aliphatic heterocycles. The van der Waals surface area contributed by atoms with Gasteiger partial charge in [0, 0.05) is 6.16 Å². The lowest BCUT2D eigenvalue weighted by atomic mass is 11.0. The van der Waals surface area contributed by atoms with E-state index in [1.54, 1.807) is 6.92 Å². The zero-order chi connectivity index (χ0) is 6.62. The molecule has 0 aromatic rings. The van der Waals surface area contributed by atoms with E-state index in [2.05, 4.69) is 8.15 Å². The minimum Gasteiger partial charge on any atom is -0.219 e. The molecule has 0 spiro atoms. The molecular weight excluding hydrogens is 190 g/mol. The number of halogens is 2. The summed E-state index contributed by atoms with van der Waals surface area (Å²) in [6, 6.07) is 0. The first kappa shape index (κ1) is 9.15. The van der Waals surface area contributed by atoms with Crippen molar-refractivity contribution in [2.75, 3.05) is 6.16 Å². The van der Waals surface area contributed by atoms with Crippen LogP contribution in [0.5, 0.6) is 0 Å². The fourth-order valence-corrected chi connectivity index (χ4v) is 1.17. The number of rotatable bonds is 3. The van der Waals surface area contributed by atoms with Gasteiger partial charge >= 0.3 is 0 Å². The minimum atomic E-state index is -2.30. The molecule has 0 saturated heterocycles. The summed E-state index contributed by atoms with van der Waals surface area (Å²) < 4.78 is 8.56. The van der Waals surface area contributed by atoms with Crippen LogP contribution in [-0.4, -0.2) is 6.16 Å². The van der Waals surface area contributed by atoms with Gasteiger partial charge in [-0.15, -0.1) is 0 Å². The topological polar surface area (TPSA) is 18.5 Å². The van der Waals surface area contributed by atoms with Crippen LogP contribution in [0.25, 0.3) is 0 Å². The van der Waals surface area contributed by atoms with Gasteiger partial charge in [-0.2, -0.15) is 0 Å². The Bertz CT molecular complexity index is 89.2. The molecule has 6 heteroatoms. The normalized spacial score (nSPS) is 11.9. The van der Waals surface area contributed by atoms with Gasteiger partial charge < -0.3 is 0 Å². The third kappa shape index (κ3) is 2.62. The van der Waals surface area contributed by atoms with E-state index in [0.29, 0.717) is 6.16 Å². The van der Waals surface area contributed by atoms with Crippen molar-refractivity contribution in [3.8, 4) is 0 Å². The van der Waals surface area contributed by atoms with Crippen LogP contribution in [0, 0.1) is 0 Å². The van der Waals surface area contributed by atoms with Crippen LogP contribution >= 0.6 is 30.2 Å². The van der Waals surface area contributed by atoms with Gasteiger partial charge in [0.25, 0.3) is 0 Å². The Hall–Kier alpha value is 1.15. The van der Waals surface area contributed by atoms with Gasteiger partial charge in [-0.1, -0.05) is 6.92 Å². The lowest BCUT2D eigenvalue weighted by Gasteiger charge is -2.08. The van der Waals surface area contributed by atoms with Gasteiger partial charge in [-0.25, -0.2) is 8.15 Å². The lowest BCUT2D eigenvalue weighted by molar-refractivity contribution is 0.547. The maximum atomic E-state index is 4.94. The fraction of sp³-hybridized carbons (Fsp3) is 1.00. The molecule has 0 unspecified atom stereocenters. The summed E-state index contributed by atoms with van der Waals surface area (Å²) >= 11 is 14.6. The average Bonchev–Trinajstić information content (AvgIpc) is 1.87. The van der Waals surface area contributed by atoms with E-state index in [-0.39, 0.29) is 0 Å². The molecule has 8 heavy (non-hydrogen) atoms. The van der Waals surface area contributed by atoms with Gasteiger partial charge in [-0.3, -0.25) is 0 Å². The lowest BCUT2D eigenvalue weighted by Crippen LogP contribution is -1.81. The molecule has 0 heterocycles. The molecule has 0 amide bonds. The summed E-state index contributed by atoms with van der Waals surface area (Å²) in [5.41, 5.74) is 0. The Morgan fingerprint density at radius 3 is 1.88 bits per heavy atom. The Morgan fingerprint density at radius 1 is 1.50 bits per heavy atom. The van der Waals surface area contributed by atoms with Gasteiger partial charge in [-0.05, 0) is 11.8 Å². The second kappa shape index (κ2) is 4.04. The molecule has 0 fully saturated rings. The van der Waals surface area contributed by atoms with E-state index in [1.807, 2.05) is 0 Å². The maximum absolute atomic E-state index is 4.94. The zero-order valence-electron chi connectivity index (χ0n) is 4.13. The second-order valence-electron chi connectivity index (χ2n) is 1.07. The summed E-state index contributed by atoms with van der Waals surface area (Å²) in [4.78, 5) is 0. The smallest absolute Gasteiger partial charge is 0.219 e. The maximum Gasteiger partial charge on any atom is 0.225 e. The largest absolute Gasteiger partial charge is 0.225 e. The van der Waals surface area contributed by atoms with Crippen LogP contribution in [0.3, 0.4) is 0 Å². The molecule has 0 aromatic heterocycles. The van der Waals surface area contributed by atoms with E-state index < -0.39 is 6.49 Å². The molecule has 0 atom stereocenters. The Balaban J connectivity index is 3.79. The predicted molar refractivity (Wildman–Crippen MR) is 38.7 cm³/mol. The first-order chi connectivity index (χ1) is 3.68. The summed E-state index contributed by atoms with van der Waals surface area (Å²) in [5, 5.41) is 0. The first-order valence-corrected chi connectivity index (χ1v) is 5.32. The SMILES string of the molecule is CCP(=S)(OCl)OCl. The van der Waals surface area contributed by atoms with Gasteiger partial charge in [0.1, 0.15) is 0 Å². The summed E-state index contributed by atoms with van der Waals surface area (Å²) in [5.74, 6) is 0. The van der Waals surface area contributed by atoms with Crippen molar-refractivity contribution in [1.29, 1.82) is 0 Å². The molecule has 0 aliphatic rings. The highest BCUT2D eigenvalue weighted by Crippen LogP contribution is 2.50. The van der Waals surface area contributed by atoms with Crippen molar-refractivity contribution < 1.29 is 8.15 Å². The van der Waals surface area contributed by atoms with E-state index in [9.17, 15) is 0 Å². The molecule has 0 aromatic carbocycles. The molecule has 50 valence electrons. The fourth-order valence-electron chi connectivity index (χ4n) is 0.108. The summed E-state index contributed by atoms with van der Waals surface area (Å²) in [6.07, 6.45) is 0.537. The van der Waals surface area contributed by atoms with Crippen LogP contribution in [0.4, 0.5) is 0 Å². The number of hydrogen-bond donors (Lipinski definition) is 0. The molecule has 2 nitrogen and oxygen atoms in total. The van der Waals surface area contributed by atoms with E-state index in [1.165, 1.54) is 0 Å². The highest BCUT2D eigenvalue weighted by atomic mass is 35.5. The summed E-state index contributed by atoms with van der Waals surface area (Å²) in [6.45, 7) is -0.501. The van der Waals surface area contributed by atoms with E-state index in [4.69, 9.17) is 35.5 Å². The van der Waals surface area contributed by atoms with E-state index in [0.717, 1.165) is 0 Å². The highest BCUT2D eigenvalue weighted by Gasteiger charge is 2.14. The molecule has 0 rings (SSSR count). The van der Waals surface area contributed by atoms with Gasteiger partial charge in [0.05, 0.1) is 23.7 Å². The molecular formula is C2H5Cl2O2PS. The third-order valence-corrected chi connectivity index (χ3v) is 4.84. The Kier molecular flexibility index (Phi) is 4.63. The Morgan fingerprint density at radius 2 is 1.88 bits per heavy atom. The standard InChI is InChI=1S/C2H5Cl2O2PS/c1-2-7(8,5-3)6-4/h2H2,1H3. The van der Waals surface area contributed by atoms with Crippen molar-refractivity contribution in [2.45, 2.75) is 6.92 Å². The molecule has 0 bridgehead atoms. The van der Waals surface area contributed by atoms with Crippen molar-refractivity contribution in [3.63, 3.8) is 0 Å². The quantitative estimate of drug-likeness (QED) is 0.645. The third-order valence-electron chi connectivity index (χ3n) is 0.598. The monoisotopic (exact) mass is 194 g/mol. The van der Waals surface area contributed by atoms with E-state index >= 15 is 0 Å². The van der Waals surface area contributed by atoms with Crippen molar-refractivity contribution in [3.05, 3.63) is 0 Å². The first-order valence-electron chi connectivity index (χ1n) is 1.88. The predicted octanol–water partition coefficient (Wildman–Crippen LogP) is 2.66. The zero-order valence-corrected chi connectivity index (χ0v) is 7.36.